The van der Waals surface area contributed by atoms with E-state index in [1.54, 1.807) is 17.8 Å². The molecule has 6 nitrogen and oxygen atoms in total. The summed E-state index contributed by atoms with van der Waals surface area (Å²) in [6.45, 7) is 0.312. The number of carbonyl (C=O) groups excluding carboxylic acids is 2. The number of benzene rings is 2. The molecule has 0 fully saturated rings. The highest BCUT2D eigenvalue weighted by Crippen LogP contribution is 2.24. The van der Waals surface area contributed by atoms with Crippen molar-refractivity contribution >= 4 is 23.6 Å². The van der Waals surface area contributed by atoms with Gasteiger partial charge in [0.15, 0.2) is 6.61 Å². The summed E-state index contributed by atoms with van der Waals surface area (Å²) in [5, 5.41) is 2.77. The Labute approximate surface area is 150 Å². The molecule has 2 aromatic rings. The average molecular weight is 360 g/mol. The number of thioether (sulfide) groups is 1. The highest BCUT2D eigenvalue weighted by molar-refractivity contribution is 7.99. The van der Waals surface area contributed by atoms with Crippen molar-refractivity contribution in [2.75, 3.05) is 26.0 Å². The second-order valence-electron chi connectivity index (χ2n) is 5.03. The number of primary amides is 1. The Balaban J connectivity index is 1.78. The molecule has 0 unspecified atom stereocenters. The number of amides is 2. The largest absolute Gasteiger partial charge is 0.497 e. The number of nitrogens with one attached hydrogen (secondary N) is 1. The standard InChI is InChI=1S/C18H20N2O4S/c1-23-13-7-8-15(18(19)22)16(11-13)24-12-17(21)20-9-10-25-14-5-3-2-4-6-14/h2-8,11H,9-10,12H2,1H3,(H2,19,22)(H,20,21). The molecule has 7 heteroatoms. The number of carbonyl (C=O) groups is 2. The van der Waals surface area contributed by atoms with Gasteiger partial charge < -0.3 is 20.5 Å². The van der Waals surface area contributed by atoms with Crippen molar-refractivity contribution in [1.82, 2.24) is 5.32 Å². The summed E-state index contributed by atoms with van der Waals surface area (Å²) in [6.07, 6.45) is 0. The molecule has 0 aromatic heterocycles. The molecule has 0 saturated heterocycles. The van der Waals surface area contributed by atoms with Gasteiger partial charge in [0.05, 0.1) is 12.7 Å². The van der Waals surface area contributed by atoms with Gasteiger partial charge in [0, 0.05) is 23.3 Å². The van der Waals surface area contributed by atoms with E-state index in [1.807, 2.05) is 30.3 Å². The van der Waals surface area contributed by atoms with Crippen molar-refractivity contribution in [1.29, 1.82) is 0 Å². The Kier molecular flexibility index (Phi) is 7.16. The third kappa shape index (κ3) is 6.04. The topological polar surface area (TPSA) is 90.7 Å². The second kappa shape index (κ2) is 9.58. The van der Waals surface area contributed by atoms with Crippen LogP contribution in [0.25, 0.3) is 0 Å². The molecule has 0 aliphatic carbocycles. The molecule has 0 radical (unpaired) electrons. The summed E-state index contributed by atoms with van der Waals surface area (Å²) in [5.74, 6) is 0.589. The molecule has 3 N–H and O–H groups in total. The fourth-order valence-electron chi connectivity index (χ4n) is 2.02. The minimum absolute atomic E-state index is 0.202. The molecule has 2 amide bonds. The van der Waals surface area contributed by atoms with E-state index in [9.17, 15) is 9.59 Å². The Morgan fingerprint density at radius 2 is 1.92 bits per heavy atom. The lowest BCUT2D eigenvalue weighted by molar-refractivity contribution is -0.122. The summed E-state index contributed by atoms with van der Waals surface area (Å²) in [5.41, 5.74) is 5.50. The fourth-order valence-corrected chi connectivity index (χ4v) is 2.81. The van der Waals surface area contributed by atoms with Crippen LogP contribution in [0.4, 0.5) is 0 Å². The van der Waals surface area contributed by atoms with Crippen LogP contribution in [0.1, 0.15) is 10.4 Å². The Hall–Kier alpha value is -2.67. The molecule has 25 heavy (non-hydrogen) atoms. The first kappa shape index (κ1) is 18.7. The molecule has 0 aliphatic rings. The van der Waals surface area contributed by atoms with Crippen LogP contribution >= 0.6 is 11.8 Å². The Bertz CT molecular complexity index is 722. The Morgan fingerprint density at radius 1 is 1.16 bits per heavy atom. The summed E-state index contributed by atoms with van der Waals surface area (Å²) in [4.78, 5) is 24.4. The van der Waals surface area contributed by atoms with Crippen LogP contribution in [0.2, 0.25) is 0 Å². The number of rotatable bonds is 9. The van der Waals surface area contributed by atoms with Gasteiger partial charge in [0.1, 0.15) is 11.5 Å². The minimum Gasteiger partial charge on any atom is -0.497 e. The molecule has 2 rings (SSSR count). The summed E-state index contributed by atoms with van der Waals surface area (Å²) in [7, 11) is 1.50. The zero-order valence-electron chi connectivity index (χ0n) is 13.9. The fraction of sp³-hybridized carbons (Fsp3) is 0.222. The third-order valence-corrected chi connectivity index (χ3v) is 4.26. The van der Waals surface area contributed by atoms with E-state index >= 15 is 0 Å². The first-order valence-electron chi connectivity index (χ1n) is 7.65. The lowest BCUT2D eigenvalue weighted by Crippen LogP contribution is -2.31. The number of ether oxygens (including phenoxy) is 2. The maximum Gasteiger partial charge on any atom is 0.257 e. The maximum absolute atomic E-state index is 11.9. The molecule has 0 aliphatic heterocycles. The van der Waals surface area contributed by atoms with Crippen molar-refractivity contribution in [2.45, 2.75) is 4.90 Å². The van der Waals surface area contributed by atoms with Crippen LogP contribution in [0.3, 0.4) is 0 Å². The van der Waals surface area contributed by atoms with E-state index in [0.29, 0.717) is 12.3 Å². The lowest BCUT2D eigenvalue weighted by Gasteiger charge is -2.11. The predicted molar refractivity (Wildman–Crippen MR) is 97.2 cm³/mol. The summed E-state index contributed by atoms with van der Waals surface area (Å²) in [6, 6.07) is 14.6. The van der Waals surface area contributed by atoms with E-state index in [4.69, 9.17) is 15.2 Å². The Morgan fingerprint density at radius 3 is 2.60 bits per heavy atom. The van der Waals surface area contributed by atoms with Crippen LogP contribution in [0.5, 0.6) is 11.5 Å². The lowest BCUT2D eigenvalue weighted by atomic mass is 10.2. The number of hydrogen-bond donors (Lipinski definition) is 2. The molecular weight excluding hydrogens is 340 g/mol. The quantitative estimate of drug-likeness (QED) is 0.528. The number of hydrogen-bond acceptors (Lipinski definition) is 5. The van der Waals surface area contributed by atoms with Gasteiger partial charge in [0.2, 0.25) is 0 Å². The maximum atomic E-state index is 11.9. The smallest absolute Gasteiger partial charge is 0.257 e. The normalized spacial score (nSPS) is 10.1. The molecule has 0 bridgehead atoms. The zero-order chi connectivity index (χ0) is 18.1. The number of methoxy groups -OCH3 is 1. The van der Waals surface area contributed by atoms with Crippen LogP contribution in [-0.2, 0) is 4.79 Å². The van der Waals surface area contributed by atoms with Gasteiger partial charge in [-0.2, -0.15) is 0 Å². The molecule has 0 spiro atoms. The van der Waals surface area contributed by atoms with Crippen molar-refractivity contribution in [3.05, 3.63) is 54.1 Å². The monoisotopic (exact) mass is 360 g/mol. The van der Waals surface area contributed by atoms with E-state index in [2.05, 4.69) is 5.32 Å². The van der Waals surface area contributed by atoms with E-state index in [1.165, 1.54) is 19.2 Å². The van der Waals surface area contributed by atoms with Crippen molar-refractivity contribution < 1.29 is 19.1 Å². The average Bonchev–Trinajstić information content (AvgIpc) is 2.64. The van der Waals surface area contributed by atoms with Crippen molar-refractivity contribution in [2.24, 2.45) is 5.73 Å². The van der Waals surface area contributed by atoms with Crippen molar-refractivity contribution in [3.63, 3.8) is 0 Å². The highest BCUT2D eigenvalue weighted by atomic mass is 32.2. The SMILES string of the molecule is COc1ccc(C(N)=O)c(OCC(=O)NCCSc2ccccc2)c1. The minimum atomic E-state index is -0.627. The van der Waals surface area contributed by atoms with Crippen LogP contribution in [0.15, 0.2) is 53.4 Å². The first-order chi connectivity index (χ1) is 12.1. The first-order valence-corrected chi connectivity index (χ1v) is 8.64. The van der Waals surface area contributed by atoms with Crippen molar-refractivity contribution in [3.8, 4) is 11.5 Å². The van der Waals surface area contributed by atoms with Gasteiger partial charge in [-0.05, 0) is 24.3 Å². The second-order valence-corrected chi connectivity index (χ2v) is 6.19. The van der Waals surface area contributed by atoms with Crippen LogP contribution in [-0.4, -0.2) is 37.8 Å². The molecular formula is C18H20N2O4S. The zero-order valence-corrected chi connectivity index (χ0v) is 14.7. The van der Waals surface area contributed by atoms with Gasteiger partial charge in [-0.15, -0.1) is 11.8 Å². The van der Waals surface area contributed by atoms with Crippen LogP contribution in [0, 0.1) is 0 Å². The highest BCUT2D eigenvalue weighted by Gasteiger charge is 2.12. The predicted octanol–water partition coefficient (Wildman–Crippen LogP) is 2.08. The molecule has 0 saturated carbocycles. The molecule has 132 valence electrons. The van der Waals surface area contributed by atoms with Gasteiger partial charge in [-0.1, -0.05) is 18.2 Å². The van der Waals surface area contributed by atoms with Gasteiger partial charge in [-0.25, -0.2) is 0 Å². The molecule has 2 aromatic carbocycles. The summed E-state index contributed by atoms with van der Waals surface area (Å²) < 4.78 is 10.5. The van der Waals surface area contributed by atoms with Gasteiger partial charge in [-0.3, -0.25) is 9.59 Å². The molecule has 0 atom stereocenters. The van der Waals surface area contributed by atoms with E-state index < -0.39 is 5.91 Å². The van der Waals surface area contributed by atoms with Gasteiger partial charge >= 0.3 is 0 Å². The summed E-state index contributed by atoms with van der Waals surface area (Å²) >= 11 is 1.65. The molecule has 0 heterocycles. The number of nitrogens with two attached hydrogens (primary N) is 1. The van der Waals surface area contributed by atoms with Gasteiger partial charge in [0.25, 0.3) is 11.8 Å². The third-order valence-electron chi connectivity index (χ3n) is 3.25. The van der Waals surface area contributed by atoms with E-state index in [-0.39, 0.29) is 23.8 Å². The van der Waals surface area contributed by atoms with Crippen LogP contribution < -0.4 is 20.5 Å². The van der Waals surface area contributed by atoms with E-state index in [0.717, 1.165) is 10.6 Å².